The van der Waals surface area contributed by atoms with Gasteiger partial charge in [0.15, 0.2) is 11.0 Å². The van der Waals surface area contributed by atoms with Crippen molar-refractivity contribution in [2.24, 2.45) is 0 Å². The Morgan fingerprint density at radius 3 is 2.34 bits per heavy atom. The third-order valence-corrected chi connectivity index (χ3v) is 6.33. The van der Waals surface area contributed by atoms with E-state index in [0.717, 1.165) is 22.0 Å². The number of para-hydroxylation sites is 2. The predicted molar refractivity (Wildman–Crippen MR) is 129 cm³/mol. The van der Waals surface area contributed by atoms with E-state index in [9.17, 15) is 4.79 Å². The summed E-state index contributed by atoms with van der Waals surface area (Å²) >= 11 is 2.72. The number of nitrogens with one attached hydrogen (secondary N) is 1. The molecule has 0 aliphatic carbocycles. The number of aromatic nitrogens is 3. The largest absolute Gasteiger partial charge is 0.324 e. The number of hydrogen-bond donors (Lipinski definition) is 1. The van der Waals surface area contributed by atoms with E-state index in [0.29, 0.717) is 16.6 Å². The van der Waals surface area contributed by atoms with Crippen LogP contribution in [0.4, 0.5) is 5.69 Å². The van der Waals surface area contributed by atoms with Crippen LogP contribution in [-0.4, -0.2) is 32.2 Å². The van der Waals surface area contributed by atoms with E-state index >= 15 is 0 Å². The first-order valence-corrected chi connectivity index (χ1v) is 11.8. The molecule has 4 aromatic rings. The highest BCUT2D eigenvalue weighted by atomic mass is 32.2. The fourth-order valence-corrected chi connectivity index (χ4v) is 4.49. The lowest BCUT2D eigenvalue weighted by Gasteiger charge is -2.11. The molecule has 0 unspecified atom stereocenters. The minimum atomic E-state index is -0.149. The van der Waals surface area contributed by atoms with Gasteiger partial charge in [0.1, 0.15) is 0 Å². The van der Waals surface area contributed by atoms with Crippen LogP contribution in [0, 0.1) is 11.3 Å². The lowest BCUT2D eigenvalue weighted by molar-refractivity contribution is -0.113. The Hall–Kier alpha value is -3.54. The maximum atomic E-state index is 12.7. The van der Waals surface area contributed by atoms with Crippen molar-refractivity contribution in [3.63, 3.8) is 0 Å². The zero-order valence-corrected chi connectivity index (χ0v) is 18.6. The summed E-state index contributed by atoms with van der Waals surface area (Å²) in [5.41, 5.74) is 2.58. The van der Waals surface area contributed by atoms with Crippen molar-refractivity contribution in [2.75, 3.05) is 16.8 Å². The lowest BCUT2D eigenvalue weighted by Crippen LogP contribution is -2.15. The molecule has 8 heteroatoms. The molecule has 0 radical (unpaired) electrons. The number of nitriles is 1. The smallest absolute Gasteiger partial charge is 0.234 e. The average Bonchev–Trinajstić information content (AvgIpc) is 3.27. The number of hydrogen-bond acceptors (Lipinski definition) is 6. The quantitative estimate of drug-likeness (QED) is 0.362. The number of benzene rings is 3. The van der Waals surface area contributed by atoms with Crippen LogP contribution in [0.25, 0.3) is 17.1 Å². The van der Waals surface area contributed by atoms with Crippen LogP contribution in [0.1, 0.15) is 0 Å². The molecule has 1 N–H and O–H groups in total. The molecule has 158 valence electrons. The molecule has 4 rings (SSSR count). The number of amides is 1. The summed E-state index contributed by atoms with van der Waals surface area (Å²) in [6.45, 7) is 0. The van der Waals surface area contributed by atoms with Gasteiger partial charge < -0.3 is 5.32 Å². The van der Waals surface area contributed by atoms with Gasteiger partial charge in [0.05, 0.1) is 23.3 Å². The molecule has 0 aliphatic heterocycles. The number of carbonyl (C=O) groups excluding carboxylic acids is 1. The number of carbonyl (C=O) groups is 1. The van der Waals surface area contributed by atoms with Crippen molar-refractivity contribution in [3.05, 3.63) is 84.9 Å². The summed E-state index contributed by atoms with van der Waals surface area (Å²) in [5.74, 6) is 1.07. The lowest BCUT2D eigenvalue weighted by atomic mass is 10.2. The maximum absolute atomic E-state index is 12.7. The van der Waals surface area contributed by atoms with Crippen LogP contribution in [-0.2, 0) is 4.79 Å². The van der Waals surface area contributed by atoms with E-state index in [1.165, 1.54) is 23.5 Å². The summed E-state index contributed by atoms with van der Waals surface area (Å²) in [4.78, 5) is 13.5. The Bertz CT molecular complexity index is 1240. The molecule has 1 aromatic heterocycles. The summed E-state index contributed by atoms with van der Waals surface area (Å²) in [7, 11) is 0. The highest BCUT2D eigenvalue weighted by Gasteiger charge is 2.17. The van der Waals surface area contributed by atoms with Gasteiger partial charge in [-0.2, -0.15) is 5.26 Å². The molecule has 1 heterocycles. The molecule has 0 atom stereocenters. The molecule has 6 nitrogen and oxygen atoms in total. The number of anilines is 1. The second kappa shape index (κ2) is 10.7. The van der Waals surface area contributed by atoms with Crippen LogP contribution in [0.2, 0.25) is 0 Å². The Kier molecular flexibility index (Phi) is 7.23. The zero-order chi connectivity index (χ0) is 22.2. The van der Waals surface area contributed by atoms with Crippen LogP contribution in [0.15, 0.2) is 95.0 Å². The van der Waals surface area contributed by atoms with Gasteiger partial charge in [0, 0.05) is 16.1 Å². The van der Waals surface area contributed by atoms with E-state index < -0.39 is 0 Å². The standard InChI is InChI=1S/C24H19N5OS2/c25-15-16-31-21-14-8-7-13-20(21)26-22(30)17-32-24-28-27-23(18-9-3-1-4-10-18)29(24)19-11-5-2-6-12-19/h1-14H,16-17H2,(H,26,30). The summed E-state index contributed by atoms with van der Waals surface area (Å²) in [5, 5.41) is 21.2. The molecular formula is C24H19N5OS2. The van der Waals surface area contributed by atoms with Gasteiger partial charge in [-0.3, -0.25) is 9.36 Å². The van der Waals surface area contributed by atoms with Crippen molar-refractivity contribution < 1.29 is 4.79 Å². The summed E-state index contributed by atoms with van der Waals surface area (Å²) < 4.78 is 1.96. The van der Waals surface area contributed by atoms with Gasteiger partial charge in [0.25, 0.3) is 0 Å². The third kappa shape index (κ3) is 5.19. The highest BCUT2D eigenvalue weighted by molar-refractivity contribution is 8.00. The van der Waals surface area contributed by atoms with E-state index in [1.54, 1.807) is 0 Å². The zero-order valence-electron chi connectivity index (χ0n) is 17.0. The van der Waals surface area contributed by atoms with E-state index in [4.69, 9.17) is 5.26 Å². The van der Waals surface area contributed by atoms with Gasteiger partial charge in [-0.1, -0.05) is 72.4 Å². The van der Waals surface area contributed by atoms with Crippen molar-refractivity contribution >= 4 is 35.1 Å². The summed E-state index contributed by atoms with van der Waals surface area (Å²) in [6.07, 6.45) is 0. The Morgan fingerprint density at radius 1 is 0.906 bits per heavy atom. The van der Waals surface area contributed by atoms with E-state index in [2.05, 4.69) is 21.6 Å². The first kappa shape index (κ1) is 21.7. The van der Waals surface area contributed by atoms with Crippen molar-refractivity contribution in [3.8, 4) is 23.1 Å². The van der Waals surface area contributed by atoms with Crippen LogP contribution in [0.5, 0.6) is 0 Å². The molecule has 32 heavy (non-hydrogen) atoms. The van der Waals surface area contributed by atoms with Crippen LogP contribution in [0.3, 0.4) is 0 Å². The van der Waals surface area contributed by atoms with Gasteiger partial charge in [-0.15, -0.1) is 22.0 Å². The fourth-order valence-electron chi connectivity index (χ4n) is 3.07. The molecule has 0 fully saturated rings. The van der Waals surface area contributed by atoms with Crippen molar-refractivity contribution in [1.82, 2.24) is 14.8 Å². The average molecular weight is 458 g/mol. The topological polar surface area (TPSA) is 83.6 Å². The molecule has 0 spiro atoms. The maximum Gasteiger partial charge on any atom is 0.234 e. The number of rotatable bonds is 8. The molecule has 0 aliphatic rings. The van der Waals surface area contributed by atoms with Gasteiger partial charge in [-0.05, 0) is 24.3 Å². The molecule has 0 saturated heterocycles. The van der Waals surface area contributed by atoms with Gasteiger partial charge >= 0.3 is 0 Å². The minimum Gasteiger partial charge on any atom is -0.324 e. The molecule has 3 aromatic carbocycles. The number of thioether (sulfide) groups is 2. The Labute approximate surface area is 194 Å². The predicted octanol–water partition coefficient (Wildman–Crippen LogP) is 5.28. The molecular weight excluding hydrogens is 438 g/mol. The molecule has 1 amide bonds. The van der Waals surface area contributed by atoms with E-state index in [-0.39, 0.29) is 11.7 Å². The minimum absolute atomic E-state index is 0.149. The van der Waals surface area contributed by atoms with Gasteiger partial charge in [0.2, 0.25) is 5.91 Å². The Morgan fingerprint density at radius 2 is 1.59 bits per heavy atom. The normalized spacial score (nSPS) is 10.5. The molecule has 0 bridgehead atoms. The van der Waals surface area contributed by atoms with Crippen molar-refractivity contribution in [2.45, 2.75) is 10.1 Å². The highest BCUT2D eigenvalue weighted by Crippen LogP contribution is 2.29. The molecule has 0 saturated carbocycles. The summed E-state index contributed by atoms with van der Waals surface area (Å²) in [6, 6.07) is 29.3. The Balaban J connectivity index is 1.54. The first-order chi connectivity index (χ1) is 15.8. The SMILES string of the molecule is N#CCSc1ccccc1NC(=O)CSc1nnc(-c2ccccc2)n1-c1ccccc1. The number of nitrogens with zero attached hydrogens (tertiary/aromatic N) is 4. The third-order valence-electron chi connectivity index (χ3n) is 4.47. The second-order valence-electron chi connectivity index (χ2n) is 6.62. The first-order valence-electron chi connectivity index (χ1n) is 9.84. The van der Waals surface area contributed by atoms with Crippen molar-refractivity contribution in [1.29, 1.82) is 5.26 Å². The van der Waals surface area contributed by atoms with Crippen LogP contribution < -0.4 is 5.32 Å². The monoisotopic (exact) mass is 457 g/mol. The van der Waals surface area contributed by atoms with Crippen LogP contribution >= 0.6 is 23.5 Å². The van der Waals surface area contributed by atoms with Gasteiger partial charge in [-0.25, -0.2) is 0 Å². The fraction of sp³-hybridized carbons (Fsp3) is 0.0833. The second-order valence-corrected chi connectivity index (χ2v) is 8.58. The van der Waals surface area contributed by atoms with E-state index in [1.807, 2.05) is 89.5 Å².